The van der Waals surface area contributed by atoms with E-state index in [2.05, 4.69) is 36.1 Å². The highest BCUT2D eigenvalue weighted by molar-refractivity contribution is 5.72. The summed E-state index contributed by atoms with van der Waals surface area (Å²) in [7, 11) is 0. The molecule has 2 unspecified atom stereocenters. The first-order chi connectivity index (χ1) is 13.0. The molecule has 2 atom stereocenters. The number of benzene rings is 2. The minimum Gasteiger partial charge on any atom is -0.299 e. The molecule has 5 heteroatoms. The van der Waals surface area contributed by atoms with E-state index in [-0.39, 0.29) is 30.3 Å². The Bertz CT molecular complexity index is 753. The zero-order valence-electron chi connectivity index (χ0n) is 16.0. The predicted molar refractivity (Wildman–Crippen MR) is 103 cm³/mol. The topological polar surface area (TPSA) is 32.8 Å². The third-order valence-electron chi connectivity index (χ3n) is 5.12. The zero-order valence-corrected chi connectivity index (χ0v) is 16.0. The molecular weight excluding hydrogens is 343 g/mol. The highest BCUT2D eigenvalue weighted by Crippen LogP contribution is 2.25. The van der Waals surface area contributed by atoms with Crippen LogP contribution in [0.1, 0.15) is 31.4 Å². The van der Waals surface area contributed by atoms with Gasteiger partial charge in [-0.05, 0) is 24.0 Å². The van der Waals surface area contributed by atoms with Crippen LogP contribution in [0.15, 0.2) is 54.6 Å². The Labute approximate surface area is 160 Å². The minimum absolute atomic E-state index is 0.00120. The molecule has 0 spiro atoms. The van der Waals surface area contributed by atoms with Crippen LogP contribution in [0, 0.1) is 11.7 Å². The SMILES string of the molecule is CC(=O)N(OCc1ccccc1F)C1CCN(Cc2ccccc2)CC1C. The van der Waals surface area contributed by atoms with Crippen molar-refractivity contribution in [2.24, 2.45) is 5.92 Å². The van der Waals surface area contributed by atoms with Gasteiger partial charge < -0.3 is 0 Å². The predicted octanol–water partition coefficient (Wildman–Crippen LogP) is 4.02. The van der Waals surface area contributed by atoms with Crippen molar-refractivity contribution in [1.82, 2.24) is 9.96 Å². The number of amides is 1. The molecule has 1 amide bonds. The molecule has 0 bridgehead atoms. The van der Waals surface area contributed by atoms with Gasteiger partial charge in [0.05, 0.1) is 6.04 Å². The molecule has 0 saturated carbocycles. The number of piperidine rings is 1. The van der Waals surface area contributed by atoms with Crippen LogP contribution in [0.4, 0.5) is 4.39 Å². The van der Waals surface area contributed by atoms with Gasteiger partial charge in [-0.25, -0.2) is 9.45 Å². The normalized spacial score (nSPS) is 20.4. The first-order valence-corrected chi connectivity index (χ1v) is 9.47. The Morgan fingerprint density at radius 1 is 1.19 bits per heavy atom. The maximum atomic E-state index is 13.8. The lowest BCUT2D eigenvalue weighted by atomic mass is 9.93. The lowest BCUT2D eigenvalue weighted by molar-refractivity contribution is -0.215. The fraction of sp³-hybridized carbons (Fsp3) is 0.409. The van der Waals surface area contributed by atoms with Crippen LogP contribution in [-0.2, 0) is 22.8 Å². The second-order valence-electron chi connectivity index (χ2n) is 7.26. The molecule has 1 aliphatic rings. The highest BCUT2D eigenvalue weighted by atomic mass is 19.1. The van der Waals surface area contributed by atoms with Crippen LogP contribution in [0.5, 0.6) is 0 Å². The minimum atomic E-state index is -0.313. The standard InChI is InChI=1S/C22H27FN2O2/c1-17-14-24(15-19-8-4-3-5-9-19)13-12-22(17)25(18(2)26)27-16-20-10-6-7-11-21(20)23/h3-11,17,22H,12-16H2,1-2H3. The first kappa shape index (κ1) is 19.5. The van der Waals surface area contributed by atoms with Crippen LogP contribution in [-0.4, -0.2) is 35.0 Å². The molecule has 2 aromatic carbocycles. The quantitative estimate of drug-likeness (QED) is 0.720. The summed E-state index contributed by atoms with van der Waals surface area (Å²) >= 11 is 0. The second kappa shape index (κ2) is 9.11. The summed E-state index contributed by atoms with van der Waals surface area (Å²) in [5, 5.41) is 1.46. The molecule has 0 aromatic heterocycles. The second-order valence-corrected chi connectivity index (χ2v) is 7.26. The Balaban J connectivity index is 1.59. The number of likely N-dealkylation sites (tertiary alicyclic amines) is 1. The maximum Gasteiger partial charge on any atom is 0.243 e. The highest BCUT2D eigenvalue weighted by Gasteiger charge is 2.33. The molecule has 0 radical (unpaired) electrons. The van der Waals surface area contributed by atoms with Crippen molar-refractivity contribution in [3.05, 3.63) is 71.5 Å². The first-order valence-electron chi connectivity index (χ1n) is 9.47. The summed E-state index contributed by atoms with van der Waals surface area (Å²) in [6, 6.07) is 16.9. The van der Waals surface area contributed by atoms with Crippen molar-refractivity contribution in [2.75, 3.05) is 13.1 Å². The lowest BCUT2D eigenvalue weighted by Crippen LogP contribution is -2.51. The van der Waals surface area contributed by atoms with Gasteiger partial charge in [0.1, 0.15) is 12.4 Å². The van der Waals surface area contributed by atoms with E-state index in [0.717, 1.165) is 26.1 Å². The van der Waals surface area contributed by atoms with Crippen LogP contribution in [0.25, 0.3) is 0 Å². The third kappa shape index (κ3) is 5.15. The Morgan fingerprint density at radius 2 is 1.89 bits per heavy atom. The van der Waals surface area contributed by atoms with E-state index in [1.54, 1.807) is 18.2 Å². The molecule has 0 aliphatic carbocycles. The van der Waals surface area contributed by atoms with E-state index in [9.17, 15) is 9.18 Å². The van der Waals surface area contributed by atoms with Crippen LogP contribution in [0.3, 0.4) is 0 Å². The van der Waals surface area contributed by atoms with Crippen LogP contribution in [0.2, 0.25) is 0 Å². The summed E-state index contributed by atoms with van der Waals surface area (Å²) in [5.74, 6) is -0.182. The van der Waals surface area contributed by atoms with Crippen molar-refractivity contribution in [2.45, 2.75) is 39.5 Å². The molecule has 1 aliphatic heterocycles. The molecule has 27 heavy (non-hydrogen) atoms. The van der Waals surface area contributed by atoms with Gasteiger partial charge in [0.25, 0.3) is 0 Å². The van der Waals surface area contributed by atoms with Crippen LogP contribution >= 0.6 is 0 Å². The van der Waals surface area contributed by atoms with E-state index in [0.29, 0.717) is 5.56 Å². The average molecular weight is 370 g/mol. The molecule has 1 fully saturated rings. The van der Waals surface area contributed by atoms with Gasteiger partial charge in [0.15, 0.2) is 0 Å². The fourth-order valence-corrected chi connectivity index (χ4v) is 3.73. The van der Waals surface area contributed by atoms with Gasteiger partial charge >= 0.3 is 0 Å². The van der Waals surface area contributed by atoms with Gasteiger partial charge in [-0.3, -0.25) is 14.5 Å². The van der Waals surface area contributed by atoms with Crippen molar-refractivity contribution in [1.29, 1.82) is 0 Å². The van der Waals surface area contributed by atoms with Crippen LogP contribution < -0.4 is 0 Å². The Hall–Kier alpha value is -2.24. The molecule has 144 valence electrons. The zero-order chi connectivity index (χ0) is 19.2. The largest absolute Gasteiger partial charge is 0.299 e. The van der Waals surface area contributed by atoms with E-state index in [1.807, 2.05) is 6.07 Å². The third-order valence-corrected chi connectivity index (χ3v) is 5.12. The maximum absolute atomic E-state index is 13.8. The number of carbonyl (C=O) groups excluding carboxylic acids is 1. The Morgan fingerprint density at radius 3 is 2.56 bits per heavy atom. The van der Waals surface area contributed by atoms with Gasteiger partial charge in [0, 0.05) is 32.1 Å². The summed E-state index contributed by atoms with van der Waals surface area (Å²) in [6.07, 6.45) is 0.838. The number of nitrogens with zero attached hydrogens (tertiary/aromatic N) is 2. The van der Waals surface area contributed by atoms with Gasteiger partial charge in [-0.1, -0.05) is 55.5 Å². The van der Waals surface area contributed by atoms with Gasteiger partial charge in [-0.15, -0.1) is 0 Å². The van der Waals surface area contributed by atoms with Crippen molar-refractivity contribution in [3.63, 3.8) is 0 Å². The Kier molecular flexibility index (Phi) is 6.58. The smallest absolute Gasteiger partial charge is 0.243 e. The molecule has 1 heterocycles. The molecule has 1 saturated heterocycles. The summed E-state index contributed by atoms with van der Waals surface area (Å²) in [5.41, 5.74) is 1.75. The van der Waals surface area contributed by atoms with E-state index >= 15 is 0 Å². The number of hydrogen-bond acceptors (Lipinski definition) is 3. The summed E-state index contributed by atoms with van der Waals surface area (Å²) < 4.78 is 13.8. The fourth-order valence-electron chi connectivity index (χ4n) is 3.73. The molecule has 0 N–H and O–H groups in total. The lowest BCUT2D eigenvalue weighted by Gasteiger charge is -2.41. The number of carbonyl (C=O) groups is 1. The van der Waals surface area contributed by atoms with E-state index in [4.69, 9.17) is 4.84 Å². The van der Waals surface area contributed by atoms with E-state index in [1.165, 1.54) is 23.6 Å². The van der Waals surface area contributed by atoms with Crippen molar-refractivity contribution < 1.29 is 14.0 Å². The summed E-state index contributed by atoms with van der Waals surface area (Å²) in [4.78, 5) is 20.3. The van der Waals surface area contributed by atoms with E-state index < -0.39 is 0 Å². The van der Waals surface area contributed by atoms with Crippen molar-refractivity contribution >= 4 is 5.91 Å². The number of hydrogen-bond donors (Lipinski definition) is 0. The number of rotatable bonds is 6. The van der Waals surface area contributed by atoms with Gasteiger partial charge in [-0.2, -0.15) is 0 Å². The molecule has 4 nitrogen and oxygen atoms in total. The number of hydroxylamine groups is 2. The molecule has 3 rings (SSSR count). The number of halogens is 1. The summed E-state index contributed by atoms with van der Waals surface area (Å²) in [6.45, 7) is 6.41. The average Bonchev–Trinajstić information content (AvgIpc) is 2.65. The molecule has 2 aromatic rings. The van der Waals surface area contributed by atoms with Gasteiger partial charge in [0.2, 0.25) is 5.91 Å². The molecular formula is C22H27FN2O2. The van der Waals surface area contributed by atoms with Crippen molar-refractivity contribution in [3.8, 4) is 0 Å². The monoisotopic (exact) mass is 370 g/mol.